The lowest BCUT2D eigenvalue weighted by atomic mass is 9.94. The Morgan fingerprint density at radius 1 is 0.930 bits per heavy atom. The SMILES string of the molecule is CCCCN(CCCC)c1ccc(/C=C2/c3ccsc3-c3sc(/C=C/C4=C(C#N)C(=C(C#N)C#N)OC4(C)C)cc32)cc1. The summed E-state index contributed by atoms with van der Waals surface area (Å²) in [6.07, 6.45) is 11.0. The van der Waals surface area contributed by atoms with Gasteiger partial charge in [-0.25, -0.2) is 0 Å². The molecule has 216 valence electrons. The van der Waals surface area contributed by atoms with Gasteiger partial charge in [0.05, 0.1) is 9.75 Å². The van der Waals surface area contributed by atoms with E-state index in [1.54, 1.807) is 22.7 Å². The molecular formula is C36H34N4OS2. The lowest BCUT2D eigenvalue weighted by molar-refractivity contribution is 0.0954. The molecule has 0 spiro atoms. The first-order chi connectivity index (χ1) is 20.8. The fourth-order valence-corrected chi connectivity index (χ4v) is 7.68. The molecule has 0 saturated heterocycles. The largest absolute Gasteiger partial charge is 0.480 e. The molecule has 1 aliphatic heterocycles. The molecule has 3 aromatic rings. The molecule has 0 amide bonds. The highest BCUT2D eigenvalue weighted by molar-refractivity contribution is 7.22. The first-order valence-electron chi connectivity index (χ1n) is 14.7. The number of ether oxygens (including phenoxy) is 1. The van der Waals surface area contributed by atoms with Gasteiger partial charge >= 0.3 is 0 Å². The van der Waals surface area contributed by atoms with Crippen LogP contribution in [-0.2, 0) is 4.74 Å². The number of fused-ring (bicyclic) bond motifs is 3. The number of allylic oxidation sites excluding steroid dienone is 2. The number of benzene rings is 1. The number of anilines is 1. The average Bonchev–Trinajstić information content (AvgIpc) is 3.75. The minimum Gasteiger partial charge on any atom is -0.480 e. The number of nitrogens with zero attached hydrogens (tertiary/aromatic N) is 4. The molecule has 0 unspecified atom stereocenters. The van der Waals surface area contributed by atoms with E-state index in [0.717, 1.165) is 18.0 Å². The Kier molecular flexibility index (Phi) is 9.02. The number of hydrogen-bond acceptors (Lipinski definition) is 7. The van der Waals surface area contributed by atoms with Gasteiger partial charge in [0.1, 0.15) is 29.4 Å². The van der Waals surface area contributed by atoms with Crippen LogP contribution in [0.3, 0.4) is 0 Å². The van der Waals surface area contributed by atoms with Crippen molar-refractivity contribution >= 4 is 46.1 Å². The molecule has 1 aliphatic carbocycles. The van der Waals surface area contributed by atoms with Crippen molar-refractivity contribution in [2.45, 2.75) is 59.0 Å². The second-order valence-corrected chi connectivity index (χ2v) is 13.2. The third kappa shape index (κ3) is 5.95. The van der Waals surface area contributed by atoms with Gasteiger partial charge in [-0.1, -0.05) is 44.9 Å². The van der Waals surface area contributed by atoms with Crippen LogP contribution in [0.2, 0.25) is 0 Å². The third-order valence-electron chi connectivity index (χ3n) is 7.81. The zero-order chi connectivity index (χ0) is 30.6. The predicted molar refractivity (Wildman–Crippen MR) is 178 cm³/mol. The zero-order valence-corrected chi connectivity index (χ0v) is 26.7. The fourth-order valence-electron chi connectivity index (χ4n) is 5.52. The second-order valence-electron chi connectivity index (χ2n) is 11.2. The molecule has 43 heavy (non-hydrogen) atoms. The molecule has 5 nitrogen and oxygen atoms in total. The number of rotatable bonds is 10. The van der Waals surface area contributed by atoms with Crippen molar-refractivity contribution in [2.75, 3.05) is 18.0 Å². The van der Waals surface area contributed by atoms with Gasteiger partial charge in [0.2, 0.25) is 0 Å². The highest BCUT2D eigenvalue weighted by Crippen LogP contribution is 2.52. The molecule has 5 rings (SSSR count). The molecular weight excluding hydrogens is 569 g/mol. The molecule has 0 bridgehead atoms. The van der Waals surface area contributed by atoms with E-state index >= 15 is 0 Å². The van der Waals surface area contributed by atoms with Gasteiger partial charge in [0, 0.05) is 40.4 Å². The molecule has 0 saturated carbocycles. The van der Waals surface area contributed by atoms with Crippen LogP contribution in [0.5, 0.6) is 0 Å². The highest BCUT2D eigenvalue weighted by Gasteiger charge is 2.38. The summed E-state index contributed by atoms with van der Waals surface area (Å²) in [5, 5.41) is 30.7. The Morgan fingerprint density at radius 3 is 2.26 bits per heavy atom. The number of thiophene rings is 2. The molecule has 3 heterocycles. The quantitative estimate of drug-likeness (QED) is 0.169. The molecule has 1 aromatic carbocycles. The molecule has 2 aliphatic rings. The lowest BCUT2D eigenvalue weighted by Crippen LogP contribution is -2.25. The summed E-state index contributed by atoms with van der Waals surface area (Å²) in [4.78, 5) is 6.11. The van der Waals surface area contributed by atoms with Crippen molar-refractivity contribution in [3.05, 3.63) is 91.9 Å². The van der Waals surface area contributed by atoms with Crippen molar-refractivity contribution in [1.82, 2.24) is 0 Å². The summed E-state index contributed by atoms with van der Waals surface area (Å²) < 4.78 is 5.92. The van der Waals surface area contributed by atoms with Crippen molar-refractivity contribution < 1.29 is 4.74 Å². The van der Waals surface area contributed by atoms with Crippen LogP contribution in [0, 0.1) is 34.0 Å². The topological polar surface area (TPSA) is 83.8 Å². The monoisotopic (exact) mass is 602 g/mol. The summed E-state index contributed by atoms with van der Waals surface area (Å²) in [5.41, 5.74) is 6.04. The van der Waals surface area contributed by atoms with Gasteiger partial charge < -0.3 is 9.64 Å². The maximum absolute atomic E-state index is 9.87. The summed E-state index contributed by atoms with van der Waals surface area (Å²) >= 11 is 3.49. The van der Waals surface area contributed by atoms with Gasteiger partial charge in [0.15, 0.2) is 11.3 Å². The predicted octanol–water partition coefficient (Wildman–Crippen LogP) is 9.73. The smallest absolute Gasteiger partial charge is 0.172 e. The van der Waals surface area contributed by atoms with Crippen molar-refractivity contribution in [3.8, 4) is 28.0 Å². The summed E-state index contributed by atoms with van der Waals surface area (Å²) in [5.74, 6) is 0.0594. The summed E-state index contributed by atoms with van der Waals surface area (Å²) in [7, 11) is 0. The molecule has 0 fully saturated rings. The Balaban J connectivity index is 1.46. The third-order valence-corrected chi connectivity index (χ3v) is 9.99. The molecule has 0 atom stereocenters. The Morgan fingerprint density at radius 2 is 1.63 bits per heavy atom. The Labute approximate surface area is 262 Å². The van der Waals surface area contributed by atoms with Crippen LogP contribution in [-0.4, -0.2) is 18.7 Å². The summed E-state index contributed by atoms with van der Waals surface area (Å²) in [6.45, 7) is 10.4. The van der Waals surface area contributed by atoms with Crippen LogP contribution in [0.4, 0.5) is 5.69 Å². The van der Waals surface area contributed by atoms with Crippen LogP contribution in [0.25, 0.3) is 27.5 Å². The number of hydrogen-bond donors (Lipinski definition) is 0. The maximum Gasteiger partial charge on any atom is 0.172 e. The Hall–Kier alpha value is -4.35. The van der Waals surface area contributed by atoms with Gasteiger partial charge in [-0.3, -0.25) is 0 Å². The van der Waals surface area contributed by atoms with E-state index in [4.69, 9.17) is 4.74 Å². The first kappa shape index (κ1) is 30.1. The van der Waals surface area contributed by atoms with Crippen molar-refractivity contribution in [2.24, 2.45) is 0 Å². The van der Waals surface area contributed by atoms with E-state index in [9.17, 15) is 15.8 Å². The van der Waals surface area contributed by atoms with Crippen LogP contribution in [0.15, 0.2) is 70.3 Å². The fraction of sp³-hybridized carbons (Fsp3) is 0.306. The van der Waals surface area contributed by atoms with E-state index in [2.05, 4.69) is 72.7 Å². The van der Waals surface area contributed by atoms with Gasteiger partial charge in [-0.15, -0.1) is 22.7 Å². The highest BCUT2D eigenvalue weighted by atomic mass is 32.1. The zero-order valence-electron chi connectivity index (χ0n) is 25.0. The molecule has 0 N–H and O–H groups in total. The van der Waals surface area contributed by atoms with Crippen LogP contribution in [0.1, 0.15) is 74.9 Å². The van der Waals surface area contributed by atoms with Crippen LogP contribution < -0.4 is 4.90 Å². The van der Waals surface area contributed by atoms with Crippen molar-refractivity contribution in [1.29, 1.82) is 15.8 Å². The van der Waals surface area contributed by atoms with Crippen molar-refractivity contribution in [3.63, 3.8) is 0 Å². The van der Waals surface area contributed by atoms with Gasteiger partial charge in [0.25, 0.3) is 0 Å². The van der Waals surface area contributed by atoms with Crippen LogP contribution >= 0.6 is 22.7 Å². The lowest BCUT2D eigenvalue weighted by Gasteiger charge is -2.24. The van der Waals surface area contributed by atoms with E-state index < -0.39 is 5.60 Å². The normalized spacial score (nSPS) is 15.7. The number of unbranched alkanes of at least 4 members (excludes halogenated alkanes) is 2. The van der Waals surface area contributed by atoms with Gasteiger partial charge in [-0.2, -0.15) is 15.8 Å². The minimum absolute atomic E-state index is 0.0594. The average molecular weight is 603 g/mol. The van der Waals surface area contributed by atoms with E-state index in [0.29, 0.717) is 5.57 Å². The number of nitriles is 3. The van der Waals surface area contributed by atoms with E-state index in [1.165, 1.54) is 63.4 Å². The Bertz CT molecular complexity index is 1750. The summed E-state index contributed by atoms with van der Waals surface area (Å²) in [6, 6.07) is 19.2. The molecule has 7 heteroatoms. The second kappa shape index (κ2) is 12.9. The standard InChI is InChI=1S/C36H34N4OS2/c1-5-7-16-40(17-8-6-2)26-11-9-24(10-12-26)19-29-28-15-18-42-34(28)35-30(29)20-27(43-35)13-14-32-31(23-39)33(25(21-37)22-38)41-36(32,3)4/h9-15,18-20H,5-8,16-17H2,1-4H3/b14-13+,29-19-. The van der Waals surface area contributed by atoms with Gasteiger partial charge in [-0.05, 0) is 79.6 Å². The molecule has 0 radical (unpaired) electrons. The molecule has 2 aromatic heterocycles. The minimum atomic E-state index is -0.837. The first-order valence-corrected chi connectivity index (χ1v) is 16.4. The maximum atomic E-state index is 9.87. The van der Waals surface area contributed by atoms with E-state index in [1.807, 2.05) is 38.1 Å². The van der Waals surface area contributed by atoms with E-state index in [-0.39, 0.29) is 16.9 Å².